The van der Waals surface area contributed by atoms with E-state index < -0.39 is 5.25 Å². The summed E-state index contributed by atoms with van der Waals surface area (Å²) in [5, 5.41) is 0.0995. The second kappa shape index (κ2) is 6.29. The first kappa shape index (κ1) is 16.8. The number of benzene rings is 1. The van der Waals surface area contributed by atoms with Crippen molar-refractivity contribution in [3.8, 4) is 0 Å². The average Bonchev–Trinajstić information content (AvgIpc) is 2.86. The molecule has 1 aromatic heterocycles. The number of carbonyl (C=O) groups is 2. The number of hydrogen-bond donors (Lipinski definition) is 1. The highest BCUT2D eigenvalue weighted by Gasteiger charge is 2.48. The van der Waals surface area contributed by atoms with Crippen LogP contribution >= 0.6 is 11.8 Å². The topological polar surface area (TPSA) is 76.3 Å². The van der Waals surface area contributed by atoms with Gasteiger partial charge in [-0.05, 0) is 36.6 Å². The van der Waals surface area contributed by atoms with E-state index in [4.69, 9.17) is 5.73 Å². The summed E-state index contributed by atoms with van der Waals surface area (Å²) in [5.74, 6) is -0.111. The standard InChI is InChI=1S/C20H19N3O2S/c1-11(2)10-12-8-9-14-16(21)15-17(26-18(14)22-12)20(25)23(19(15)24)13-6-4-3-5-7-13/h3-9,11,17H,10,21H2,1-2H3. The first-order valence-corrected chi connectivity index (χ1v) is 9.45. The molecule has 5 nitrogen and oxygen atoms in total. The molecule has 3 heterocycles. The molecule has 1 unspecified atom stereocenters. The molecule has 1 fully saturated rings. The average molecular weight is 365 g/mol. The van der Waals surface area contributed by atoms with Crippen molar-refractivity contribution >= 4 is 35.0 Å². The van der Waals surface area contributed by atoms with Crippen LogP contribution in [-0.2, 0) is 16.0 Å². The fraction of sp³-hybridized carbons (Fsp3) is 0.250. The monoisotopic (exact) mass is 365 g/mol. The highest BCUT2D eigenvalue weighted by atomic mass is 32.2. The minimum Gasteiger partial charge on any atom is -0.398 e. The molecule has 1 aromatic carbocycles. The van der Waals surface area contributed by atoms with Gasteiger partial charge in [0.15, 0.2) is 0 Å². The van der Waals surface area contributed by atoms with Gasteiger partial charge < -0.3 is 5.73 Å². The lowest BCUT2D eigenvalue weighted by molar-refractivity contribution is -0.120. The second-order valence-corrected chi connectivity index (χ2v) is 7.99. The zero-order valence-electron chi connectivity index (χ0n) is 14.6. The normalized spacial score (nSPS) is 19.2. The van der Waals surface area contributed by atoms with E-state index in [0.29, 0.717) is 22.9 Å². The first-order chi connectivity index (χ1) is 12.5. The molecule has 132 valence electrons. The second-order valence-electron chi connectivity index (χ2n) is 6.89. The van der Waals surface area contributed by atoms with Gasteiger partial charge in [0, 0.05) is 11.3 Å². The molecule has 26 heavy (non-hydrogen) atoms. The smallest absolute Gasteiger partial charge is 0.264 e. The van der Waals surface area contributed by atoms with Crippen LogP contribution in [0.2, 0.25) is 0 Å². The van der Waals surface area contributed by atoms with Crippen LogP contribution in [0.15, 0.2) is 53.1 Å². The quantitative estimate of drug-likeness (QED) is 0.846. The van der Waals surface area contributed by atoms with Crippen LogP contribution in [-0.4, -0.2) is 22.0 Å². The number of carbonyl (C=O) groups excluding carboxylic acids is 2. The number of imide groups is 1. The molecule has 0 aliphatic carbocycles. The Morgan fingerprint density at radius 1 is 1.15 bits per heavy atom. The van der Waals surface area contributed by atoms with Crippen LogP contribution in [0.3, 0.4) is 0 Å². The molecule has 6 heteroatoms. The minimum atomic E-state index is -0.628. The predicted molar refractivity (Wildman–Crippen MR) is 102 cm³/mol. The third-order valence-corrected chi connectivity index (χ3v) is 5.71. The van der Waals surface area contributed by atoms with Gasteiger partial charge in [-0.1, -0.05) is 43.8 Å². The highest BCUT2D eigenvalue weighted by molar-refractivity contribution is 8.01. The van der Waals surface area contributed by atoms with Crippen molar-refractivity contribution in [2.75, 3.05) is 4.90 Å². The Balaban J connectivity index is 1.76. The largest absolute Gasteiger partial charge is 0.398 e. The Morgan fingerprint density at radius 3 is 2.58 bits per heavy atom. The predicted octanol–water partition coefficient (Wildman–Crippen LogP) is 3.00. The molecule has 0 radical (unpaired) electrons. The van der Waals surface area contributed by atoms with E-state index in [-0.39, 0.29) is 11.8 Å². The molecule has 0 spiro atoms. The molecule has 0 saturated carbocycles. The van der Waals surface area contributed by atoms with E-state index in [1.807, 2.05) is 18.2 Å². The van der Waals surface area contributed by atoms with Crippen LogP contribution in [0.1, 0.15) is 25.1 Å². The molecule has 1 atom stereocenters. The SMILES string of the molecule is CC(C)Cc1ccc2c(n1)SC1C(=O)N(c3ccccc3)C(=O)C1=C2N. The fourth-order valence-corrected chi connectivity index (χ4v) is 4.57. The van der Waals surface area contributed by atoms with Crippen molar-refractivity contribution in [1.29, 1.82) is 0 Å². The molecule has 2 aliphatic rings. The van der Waals surface area contributed by atoms with Gasteiger partial charge in [-0.25, -0.2) is 9.88 Å². The lowest BCUT2D eigenvalue weighted by atomic mass is 10.0. The zero-order valence-corrected chi connectivity index (χ0v) is 15.4. The van der Waals surface area contributed by atoms with Gasteiger partial charge in [-0.3, -0.25) is 9.59 Å². The van der Waals surface area contributed by atoms with Gasteiger partial charge in [-0.15, -0.1) is 0 Å². The summed E-state index contributed by atoms with van der Waals surface area (Å²) in [6.07, 6.45) is 0.859. The molecule has 2 amide bonds. The fourth-order valence-electron chi connectivity index (χ4n) is 3.32. The molecule has 1 saturated heterocycles. The number of fused-ring (bicyclic) bond motifs is 2. The number of aromatic nitrogens is 1. The number of nitrogens with two attached hydrogens (primary N) is 1. The van der Waals surface area contributed by atoms with Crippen molar-refractivity contribution in [3.63, 3.8) is 0 Å². The van der Waals surface area contributed by atoms with Crippen molar-refractivity contribution < 1.29 is 9.59 Å². The van der Waals surface area contributed by atoms with Gasteiger partial charge in [0.2, 0.25) is 0 Å². The Kier molecular flexibility index (Phi) is 4.07. The maximum absolute atomic E-state index is 12.9. The van der Waals surface area contributed by atoms with E-state index in [0.717, 1.165) is 22.7 Å². The number of hydrogen-bond acceptors (Lipinski definition) is 5. The summed E-state index contributed by atoms with van der Waals surface area (Å²) < 4.78 is 0. The third-order valence-electron chi connectivity index (χ3n) is 4.50. The van der Waals surface area contributed by atoms with Crippen molar-refractivity contribution in [3.05, 3.63) is 59.3 Å². The molecule has 2 N–H and O–H groups in total. The lowest BCUT2D eigenvalue weighted by Crippen LogP contribution is -2.31. The van der Waals surface area contributed by atoms with Crippen molar-refractivity contribution in [1.82, 2.24) is 4.98 Å². The molecular weight excluding hydrogens is 346 g/mol. The molecule has 2 aromatic rings. The summed E-state index contributed by atoms with van der Waals surface area (Å²) in [6, 6.07) is 12.8. The van der Waals surface area contributed by atoms with Crippen molar-refractivity contribution in [2.24, 2.45) is 11.7 Å². The van der Waals surface area contributed by atoms with Crippen molar-refractivity contribution in [2.45, 2.75) is 30.5 Å². The van der Waals surface area contributed by atoms with E-state index in [2.05, 4.69) is 18.8 Å². The number of pyridine rings is 1. The van der Waals surface area contributed by atoms with E-state index in [9.17, 15) is 9.59 Å². The number of rotatable bonds is 3. The maximum Gasteiger partial charge on any atom is 0.264 e. The van der Waals surface area contributed by atoms with Crippen LogP contribution in [0.25, 0.3) is 5.70 Å². The Bertz CT molecular complexity index is 937. The molecule has 4 rings (SSSR count). The van der Waals surface area contributed by atoms with Gasteiger partial charge in [-0.2, -0.15) is 0 Å². The van der Waals surface area contributed by atoms with Crippen LogP contribution in [0, 0.1) is 5.92 Å². The molecule has 2 aliphatic heterocycles. The number of thioether (sulfide) groups is 1. The number of nitrogens with zero attached hydrogens (tertiary/aromatic N) is 2. The van der Waals surface area contributed by atoms with Crippen LogP contribution < -0.4 is 10.6 Å². The van der Waals surface area contributed by atoms with Gasteiger partial charge in [0.25, 0.3) is 11.8 Å². The highest BCUT2D eigenvalue weighted by Crippen LogP contribution is 2.44. The maximum atomic E-state index is 12.9. The number of amides is 2. The number of para-hydroxylation sites is 1. The van der Waals surface area contributed by atoms with Gasteiger partial charge in [0.1, 0.15) is 10.3 Å². The van der Waals surface area contributed by atoms with Gasteiger partial charge >= 0.3 is 0 Å². The summed E-state index contributed by atoms with van der Waals surface area (Å²) >= 11 is 1.32. The van der Waals surface area contributed by atoms with E-state index in [1.165, 1.54) is 16.7 Å². The lowest BCUT2D eigenvalue weighted by Gasteiger charge is -2.20. The summed E-state index contributed by atoms with van der Waals surface area (Å²) in [7, 11) is 0. The summed E-state index contributed by atoms with van der Waals surface area (Å²) in [6.45, 7) is 4.27. The van der Waals surface area contributed by atoms with Gasteiger partial charge in [0.05, 0.1) is 17.0 Å². The summed E-state index contributed by atoms with van der Waals surface area (Å²) in [5.41, 5.74) is 9.31. The van der Waals surface area contributed by atoms with Crippen LogP contribution in [0.4, 0.5) is 5.69 Å². The molecule has 0 bridgehead atoms. The molecular formula is C20H19N3O2S. The van der Waals surface area contributed by atoms with E-state index in [1.54, 1.807) is 24.3 Å². The Hall–Kier alpha value is -2.60. The third kappa shape index (κ3) is 2.61. The minimum absolute atomic E-state index is 0.258. The summed E-state index contributed by atoms with van der Waals surface area (Å²) in [4.78, 5) is 31.8. The Morgan fingerprint density at radius 2 is 1.88 bits per heavy atom. The van der Waals surface area contributed by atoms with E-state index >= 15 is 0 Å². The van der Waals surface area contributed by atoms with Crippen LogP contribution in [0.5, 0.6) is 0 Å². The zero-order chi connectivity index (χ0) is 18.4. The number of anilines is 1. The first-order valence-electron chi connectivity index (χ1n) is 8.57. The Labute approximate surface area is 156 Å².